The van der Waals surface area contributed by atoms with Gasteiger partial charge in [0.05, 0.1) is 22.5 Å². The molecule has 2 aromatic carbocycles. The standard InChI is InChI=1S/C16H14ClNO4/c1-8-3-4-9(2)14(13(8)16(21)22)18-12-7-10(17)5-6-11(12)15(19)20/h3-7,18H,1-2H3,(H,19,20)(H,21,22). The lowest BCUT2D eigenvalue weighted by atomic mass is 10.0. The molecule has 0 radical (unpaired) electrons. The minimum atomic E-state index is -1.12. The van der Waals surface area contributed by atoms with Crippen molar-refractivity contribution < 1.29 is 19.8 Å². The van der Waals surface area contributed by atoms with Crippen molar-refractivity contribution in [2.45, 2.75) is 13.8 Å². The number of halogens is 1. The first kappa shape index (κ1) is 15.9. The predicted molar refractivity (Wildman–Crippen MR) is 84.6 cm³/mol. The van der Waals surface area contributed by atoms with Crippen LogP contribution in [0.25, 0.3) is 0 Å². The number of carboxylic acid groups (broad SMARTS) is 2. The number of carboxylic acids is 2. The van der Waals surface area contributed by atoms with Gasteiger partial charge in [-0.25, -0.2) is 9.59 Å². The van der Waals surface area contributed by atoms with Crippen LogP contribution in [-0.2, 0) is 0 Å². The van der Waals surface area contributed by atoms with Crippen LogP contribution in [0.15, 0.2) is 30.3 Å². The van der Waals surface area contributed by atoms with Crippen LogP contribution in [0.2, 0.25) is 5.02 Å². The fraction of sp³-hybridized carbons (Fsp3) is 0.125. The fourth-order valence-electron chi connectivity index (χ4n) is 2.19. The Labute approximate surface area is 132 Å². The largest absolute Gasteiger partial charge is 0.478 e. The number of hydrogen-bond acceptors (Lipinski definition) is 3. The highest BCUT2D eigenvalue weighted by atomic mass is 35.5. The summed E-state index contributed by atoms with van der Waals surface area (Å²) in [5.41, 5.74) is 2.00. The molecule has 2 rings (SSSR count). The molecule has 0 aliphatic carbocycles. The fourth-order valence-corrected chi connectivity index (χ4v) is 2.36. The molecule has 0 atom stereocenters. The van der Waals surface area contributed by atoms with Crippen LogP contribution in [0.5, 0.6) is 0 Å². The first-order valence-corrected chi connectivity index (χ1v) is 6.82. The summed E-state index contributed by atoms with van der Waals surface area (Å²) in [7, 11) is 0. The predicted octanol–water partition coefficient (Wildman–Crippen LogP) is 4.10. The van der Waals surface area contributed by atoms with Gasteiger partial charge in [0, 0.05) is 5.02 Å². The van der Waals surface area contributed by atoms with Crippen LogP contribution < -0.4 is 5.32 Å². The van der Waals surface area contributed by atoms with Crippen LogP contribution in [0, 0.1) is 13.8 Å². The Kier molecular flexibility index (Phi) is 4.37. The van der Waals surface area contributed by atoms with Gasteiger partial charge in [0.25, 0.3) is 0 Å². The Morgan fingerprint density at radius 1 is 1.00 bits per heavy atom. The summed E-state index contributed by atoms with van der Waals surface area (Å²) in [5.74, 6) is -2.20. The van der Waals surface area contributed by atoms with Crippen molar-refractivity contribution in [1.29, 1.82) is 0 Å². The summed E-state index contributed by atoms with van der Waals surface area (Å²) in [6, 6.07) is 7.78. The smallest absolute Gasteiger partial charge is 0.338 e. The molecule has 0 amide bonds. The van der Waals surface area contributed by atoms with Gasteiger partial charge in [-0.3, -0.25) is 0 Å². The number of benzene rings is 2. The maximum Gasteiger partial charge on any atom is 0.338 e. The van der Waals surface area contributed by atoms with Gasteiger partial charge in [-0.2, -0.15) is 0 Å². The zero-order valence-electron chi connectivity index (χ0n) is 12.0. The summed E-state index contributed by atoms with van der Waals surface area (Å²) in [6.45, 7) is 3.43. The van der Waals surface area contributed by atoms with E-state index in [9.17, 15) is 19.8 Å². The van der Waals surface area contributed by atoms with Gasteiger partial charge >= 0.3 is 11.9 Å². The van der Waals surface area contributed by atoms with E-state index >= 15 is 0 Å². The maximum absolute atomic E-state index is 11.5. The number of aromatic carboxylic acids is 2. The first-order valence-electron chi connectivity index (χ1n) is 6.44. The second-order valence-corrected chi connectivity index (χ2v) is 5.31. The Bertz CT molecular complexity index is 771. The molecule has 2 aromatic rings. The average molecular weight is 320 g/mol. The lowest BCUT2D eigenvalue weighted by Crippen LogP contribution is -2.09. The molecule has 114 valence electrons. The first-order chi connectivity index (χ1) is 10.3. The molecular weight excluding hydrogens is 306 g/mol. The third-order valence-electron chi connectivity index (χ3n) is 3.31. The molecule has 0 aliphatic heterocycles. The lowest BCUT2D eigenvalue weighted by molar-refractivity contribution is 0.0687. The minimum absolute atomic E-state index is 0.0154. The van der Waals surface area contributed by atoms with Crippen molar-refractivity contribution in [3.63, 3.8) is 0 Å². The van der Waals surface area contributed by atoms with Crippen molar-refractivity contribution in [1.82, 2.24) is 0 Å². The van der Waals surface area contributed by atoms with Gasteiger partial charge < -0.3 is 15.5 Å². The molecule has 5 nitrogen and oxygen atoms in total. The molecule has 0 aliphatic rings. The van der Waals surface area contributed by atoms with E-state index in [1.807, 2.05) is 0 Å². The number of nitrogens with one attached hydrogen (secondary N) is 1. The molecule has 0 fully saturated rings. The Hall–Kier alpha value is -2.53. The summed E-state index contributed by atoms with van der Waals surface area (Å²) < 4.78 is 0. The number of hydrogen-bond donors (Lipinski definition) is 3. The number of aryl methyl sites for hydroxylation is 2. The van der Waals surface area contributed by atoms with E-state index in [1.165, 1.54) is 18.2 Å². The molecule has 6 heteroatoms. The molecule has 0 unspecified atom stereocenters. The van der Waals surface area contributed by atoms with E-state index in [-0.39, 0.29) is 16.8 Å². The van der Waals surface area contributed by atoms with Crippen molar-refractivity contribution >= 4 is 34.9 Å². The average Bonchev–Trinajstić information content (AvgIpc) is 2.42. The number of carbonyl (C=O) groups is 2. The third-order valence-corrected chi connectivity index (χ3v) is 3.54. The zero-order chi connectivity index (χ0) is 16.4. The Balaban J connectivity index is 2.61. The maximum atomic E-state index is 11.5. The van der Waals surface area contributed by atoms with Crippen molar-refractivity contribution in [3.05, 3.63) is 57.6 Å². The Morgan fingerprint density at radius 2 is 1.64 bits per heavy atom. The van der Waals surface area contributed by atoms with Crippen LogP contribution in [0.4, 0.5) is 11.4 Å². The minimum Gasteiger partial charge on any atom is -0.478 e. The van der Waals surface area contributed by atoms with Crippen molar-refractivity contribution in [2.75, 3.05) is 5.32 Å². The molecule has 0 heterocycles. The van der Waals surface area contributed by atoms with Crippen LogP contribution >= 0.6 is 11.6 Å². The SMILES string of the molecule is Cc1ccc(C)c(C(=O)O)c1Nc1cc(Cl)ccc1C(=O)O. The summed E-state index contributed by atoms with van der Waals surface area (Å²) in [6.07, 6.45) is 0. The number of rotatable bonds is 4. The summed E-state index contributed by atoms with van der Waals surface area (Å²) in [4.78, 5) is 22.8. The van der Waals surface area contributed by atoms with Crippen LogP contribution in [0.1, 0.15) is 31.8 Å². The molecule has 3 N–H and O–H groups in total. The summed E-state index contributed by atoms with van der Waals surface area (Å²) in [5, 5.41) is 21.9. The van der Waals surface area contributed by atoms with E-state index in [2.05, 4.69) is 5.32 Å². The van der Waals surface area contributed by atoms with E-state index in [4.69, 9.17) is 11.6 Å². The summed E-state index contributed by atoms with van der Waals surface area (Å²) >= 11 is 5.91. The topological polar surface area (TPSA) is 86.6 Å². The molecule has 0 aromatic heterocycles. The van der Waals surface area contributed by atoms with Gasteiger partial charge in [-0.05, 0) is 43.2 Å². The van der Waals surface area contributed by atoms with Crippen molar-refractivity contribution in [2.24, 2.45) is 0 Å². The second-order valence-electron chi connectivity index (χ2n) is 4.87. The normalized spacial score (nSPS) is 10.3. The second kappa shape index (κ2) is 6.07. The molecule has 0 saturated carbocycles. The zero-order valence-corrected chi connectivity index (χ0v) is 12.7. The monoisotopic (exact) mass is 319 g/mol. The van der Waals surface area contributed by atoms with Gasteiger partial charge in [0.1, 0.15) is 0 Å². The highest BCUT2D eigenvalue weighted by Gasteiger charge is 2.18. The Morgan fingerprint density at radius 3 is 2.23 bits per heavy atom. The van der Waals surface area contributed by atoms with E-state index < -0.39 is 11.9 Å². The van der Waals surface area contributed by atoms with E-state index in [0.717, 1.165) is 0 Å². The highest BCUT2D eigenvalue weighted by molar-refractivity contribution is 6.31. The van der Waals surface area contributed by atoms with Gasteiger partial charge in [0.15, 0.2) is 0 Å². The molecule has 0 bridgehead atoms. The molecule has 0 spiro atoms. The number of anilines is 2. The van der Waals surface area contributed by atoms with Gasteiger partial charge in [-0.1, -0.05) is 23.7 Å². The van der Waals surface area contributed by atoms with E-state index in [1.54, 1.807) is 26.0 Å². The van der Waals surface area contributed by atoms with Crippen LogP contribution in [0.3, 0.4) is 0 Å². The van der Waals surface area contributed by atoms with Gasteiger partial charge in [0.2, 0.25) is 0 Å². The third kappa shape index (κ3) is 3.04. The lowest BCUT2D eigenvalue weighted by Gasteiger charge is -2.16. The molecule has 22 heavy (non-hydrogen) atoms. The van der Waals surface area contributed by atoms with Crippen LogP contribution in [-0.4, -0.2) is 22.2 Å². The van der Waals surface area contributed by atoms with Gasteiger partial charge in [-0.15, -0.1) is 0 Å². The molecular formula is C16H14ClNO4. The quantitative estimate of drug-likeness (QED) is 0.790. The highest BCUT2D eigenvalue weighted by Crippen LogP contribution is 2.30. The van der Waals surface area contributed by atoms with E-state index in [0.29, 0.717) is 21.8 Å². The van der Waals surface area contributed by atoms with Crippen molar-refractivity contribution in [3.8, 4) is 0 Å². The molecule has 0 saturated heterocycles.